The van der Waals surface area contributed by atoms with Gasteiger partial charge < -0.3 is 14.6 Å². The third kappa shape index (κ3) is 5.59. The molecule has 2 aromatic carbocycles. The predicted molar refractivity (Wildman–Crippen MR) is 116 cm³/mol. The molecule has 1 unspecified atom stereocenters. The molecule has 10 heteroatoms. The second-order valence-corrected chi connectivity index (χ2v) is 7.24. The highest BCUT2D eigenvalue weighted by Crippen LogP contribution is 2.28. The van der Waals surface area contributed by atoms with Crippen molar-refractivity contribution >= 4 is 41.0 Å². The number of carbonyl (C=O) groups excluding carboxylic acids is 2. The molecule has 0 saturated heterocycles. The molecule has 2 N–H and O–H groups in total. The largest absolute Gasteiger partial charge is 0.497 e. The highest BCUT2D eigenvalue weighted by molar-refractivity contribution is 6.39. The molecule has 166 valence electrons. The van der Waals surface area contributed by atoms with Crippen molar-refractivity contribution in [3.05, 3.63) is 57.6 Å². The number of hydrogen-bond acceptors (Lipinski definition) is 5. The summed E-state index contributed by atoms with van der Waals surface area (Å²) in [5.74, 6) is -2.29. The molecule has 2 rings (SSSR count). The average molecular weight is 469 g/mol. The van der Waals surface area contributed by atoms with Crippen LogP contribution in [0.1, 0.15) is 40.5 Å². The van der Waals surface area contributed by atoms with E-state index in [2.05, 4.69) is 5.43 Å². The lowest BCUT2D eigenvalue weighted by molar-refractivity contribution is -0.143. The van der Waals surface area contributed by atoms with Gasteiger partial charge in [0.25, 0.3) is 11.8 Å². The number of hydrogen-bond donors (Lipinski definition) is 2. The van der Waals surface area contributed by atoms with Crippen LogP contribution in [0, 0.1) is 0 Å². The summed E-state index contributed by atoms with van der Waals surface area (Å²) in [7, 11) is 2.82. The Balaban J connectivity index is 2.52. The molecule has 0 aromatic heterocycles. The van der Waals surface area contributed by atoms with Crippen LogP contribution in [0.15, 0.2) is 36.4 Å². The zero-order valence-corrected chi connectivity index (χ0v) is 18.7. The number of hydrazine groups is 1. The standard InChI is InChI=1S/C21H22Cl2N2O6/c1-4-6-16(21(28)29)25(24-19(26)18-14(22)7-5-8-15(18)23)20(27)13-10-9-12(30-2)11-17(13)31-3/h5,7-11,16H,4,6H2,1-3H3,(H,24,26)(H,28,29). The number of aliphatic carboxylic acids is 1. The molecule has 0 bridgehead atoms. The van der Waals surface area contributed by atoms with Gasteiger partial charge in [0.05, 0.1) is 35.4 Å². The number of benzene rings is 2. The summed E-state index contributed by atoms with van der Waals surface area (Å²) < 4.78 is 10.4. The summed E-state index contributed by atoms with van der Waals surface area (Å²) in [6.07, 6.45) is 0.541. The molecule has 2 aromatic rings. The summed E-state index contributed by atoms with van der Waals surface area (Å²) in [4.78, 5) is 38.2. The monoisotopic (exact) mass is 468 g/mol. The van der Waals surface area contributed by atoms with E-state index in [1.165, 1.54) is 44.6 Å². The van der Waals surface area contributed by atoms with Gasteiger partial charge in [-0.15, -0.1) is 0 Å². The number of amides is 2. The lowest BCUT2D eigenvalue weighted by atomic mass is 10.1. The maximum Gasteiger partial charge on any atom is 0.328 e. The zero-order valence-electron chi connectivity index (χ0n) is 17.1. The summed E-state index contributed by atoms with van der Waals surface area (Å²) >= 11 is 12.2. The van der Waals surface area contributed by atoms with Gasteiger partial charge in [-0.25, -0.2) is 9.80 Å². The third-order valence-corrected chi connectivity index (χ3v) is 5.06. The topological polar surface area (TPSA) is 105 Å². The molecular formula is C21H22Cl2N2O6. The van der Waals surface area contributed by atoms with Crippen LogP contribution in [0.2, 0.25) is 10.0 Å². The number of nitrogens with one attached hydrogen (secondary N) is 1. The quantitative estimate of drug-likeness (QED) is 0.566. The fourth-order valence-electron chi connectivity index (χ4n) is 2.89. The summed E-state index contributed by atoms with van der Waals surface area (Å²) in [5, 5.41) is 10.6. The summed E-state index contributed by atoms with van der Waals surface area (Å²) in [6, 6.07) is 7.57. The van der Waals surface area contributed by atoms with E-state index in [1.807, 2.05) is 0 Å². The molecule has 1 atom stereocenters. The van der Waals surface area contributed by atoms with Crippen LogP contribution in [0.3, 0.4) is 0 Å². The number of carbonyl (C=O) groups is 3. The van der Waals surface area contributed by atoms with Gasteiger partial charge in [0.1, 0.15) is 11.5 Å². The van der Waals surface area contributed by atoms with E-state index in [4.69, 9.17) is 32.7 Å². The number of carboxylic acids is 1. The minimum atomic E-state index is -1.34. The first-order valence-electron chi connectivity index (χ1n) is 9.28. The first-order chi connectivity index (χ1) is 14.7. The van der Waals surface area contributed by atoms with Gasteiger partial charge in [0.15, 0.2) is 6.04 Å². The van der Waals surface area contributed by atoms with Crippen molar-refractivity contribution in [3.63, 3.8) is 0 Å². The Labute approximate surface area is 189 Å². The fourth-order valence-corrected chi connectivity index (χ4v) is 3.46. The maximum atomic E-state index is 13.3. The minimum Gasteiger partial charge on any atom is -0.497 e. The van der Waals surface area contributed by atoms with Crippen LogP contribution in [-0.4, -0.2) is 48.2 Å². The van der Waals surface area contributed by atoms with Crippen LogP contribution in [0.5, 0.6) is 11.5 Å². The minimum absolute atomic E-state index is 0.0382. The highest BCUT2D eigenvalue weighted by atomic mass is 35.5. The van der Waals surface area contributed by atoms with Crippen molar-refractivity contribution in [2.45, 2.75) is 25.8 Å². The molecule has 8 nitrogen and oxygen atoms in total. The van der Waals surface area contributed by atoms with Gasteiger partial charge in [0, 0.05) is 6.07 Å². The van der Waals surface area contributed by atoms with E-state index < -0.39 is 23.8 Å². The molecule has 0 heterocycles. The molecule has 0 radical (unpaired) electrons. The number of methoxy groups -OCH3 is 2. The number of rotatable bonds is 8. The fraction of sp³-hybridized carbons (Fsp3) is 0.286. The van der Waals surface area contributed by atoms with Gasteiger partial charge in [-0.1, -0.05) is 42.6 Å². The predicted octanol–water partition coefficient (Wildman–Crippen LogP) is 4.05. The van der Waals surface area contributed by atoms with E-state index >= 15 is 0 Å². The van der Waals surface area contributed by atoms with Crippen LogP contribution in [0.25, 0.3) is 0 Å². The van der Waals surface area contributed by atoms with Gasteiger partial charge in [-0.3, -0.25) is 15.0 Å². The highest BCUT2D eigenvalue weighted by Gasteiger charge is 2.33. The van der Waals surface area contributed by atoms with E-state index in [1.54, 1.807) is 13.0 Å². The van der Waals surface area contributed by atoms with Crippen LogP contribution < -0.4 is 14.9 Å². The third-order valence-electron chi connectivity index (χ3n) is 4.43. The lowest BCUT2D eigenvalue weighted by Crippen LogP contribution is -2.55. The van der Waals surface area contributed by atoms with Crippen LogP contribution >= 0.6 is 23.2 Å². The smallest absolute Gasteiger partial charge is 0.328 e. The van der Waals surface area contributed by atoms with E-state index in [0.29, 0.717) is 12.2 Å². The molecular weight excluding hydrogens is 447 g/mol. The second kappa shape index (κ2) is 10.9. The van der Waals surface area contributed by atoms with Gasteiger partial charge >= 0.3 is 5.97 Å². The second-order valence-electron chi connectivity index (χ2n) is 6.42. The molecule has 31 heavy (non-hydrogen) atoms. The summed E-state index contributed by atoms with van der Waals surface area (Å²) in [5.41, 5.74) is 2.33. The van der Waals surface area contributed by atoms with Gasteiger partial charge in [-0.2, -0.15) is 0 Å². The Kier molecular flexibility index (Phi) is 8.53. The van der Waals surface area contributed by atoms with Crippen molar-refractivity contribution < 1.29 is 29.0 Å². The van der Waals surface area contributed by atoms with Crippen LogP contribution in [-0.2, 0) is 4.79 Å². The number of halogens is 2. The number of ether oxygens (including phenoxy) is 2. The molecule has 0 spiro atoms. The Hall–Kier alpha value is -2.97. The van der Waals surface area contributed by atoms with Crippen molar-refractivity contribution in [2.24, 2.45) is 0 Å². The molecule has 0 saturated carbocycles. The summed E-state index contributed by atoms with van der Waals surface area (Å²) in [6.45, 7) is 1.76. The molecule has 0 aliphatic heterocycles. The Morgan fingerprint density at radius 3 is 2.26 bits per heavy atom. The van der Waals surface area contributed by atoms with E-state index in [0.717, 1.165) is 5.01 Å². The van der Waals surface area contributed by atoms with Gasteiger partial charge in [-0.05, 0) is 30.7 Å². The Morgan fingerprint density at radius 2 is 1.74 bits per heavy atom. The maximum absolute atomic E-state index is 13.3. The van der Waals surface area contributed by atoms with Crippen molar-refractivity contribution in [2.75, 3.05) is 14.2 Å². The van der Waals surface area contributed by atoms with Crippen molar-refractivity contribution in [1.82, 2.24) is 10.4 Å². The Bertz CT molecular complexity index is 962. The normalized spacial score (nSPS) is 11.4. The lowest BCUT2D eigenvalue weighted by Gasteiger charge is -2.30. The zero-order chi connectivity index (χ0) is 23.1. The SMILES string of the molecule is CCCC(C(=O)O)N(NC(=O)c1c(Cl)cccc1Cl)C(=O)c1ccc(OC)cc1OC. The molecule has 0 aliphatic carbocycles. The first-order valence-corrected chi connectivity index (χ1v) is 10.0. The van der Waals surface area contributed by atoms with Gasteiger partial charge in [0.2, 0.25) is 0 Å². The average Bonchev–Trinajstić information content (AvgIpc) is 2.74. The van der Waals surface area contributed by atoms with Crippen molar-refractivity contribution in [3.8, 4) is 11.5 Å². The molecule has 0 aliphatic rings. The van der Waals surface area contributed by atoms with E-state index in [9.17, 15) is 19.5 Å². The molecule has 0 fully saturated rings. The Morgan fingerprint density at radius 1 is 1.10 bits per heavy atom. The van der Waals surface area contributed by atoms with E-state index in [-0.39, 0.29) is 33.3 Å². The number of nitrogens with zero attached hydrogens (tertiary/aromatic N) is 1. The molecule has 2 amide bonds. The first kappa shape index (κ1) is 24.3. The number of carboxylic acid groups (broad SMARTS) is 1. The van der Waals surface area contributed by atoms with Crippen molar-refractivity contribution in [1.29, 1.82) is 0 Å². The van der Waals surface area contributed by atoms with Crippen LogP contribution in [0.4, 0.5) is 0 Å².